The maximum Gasteiger partial charge on any atom is 0.348 e. The first kappa shape index (κ1) is 12.1. The van der Waals surface area contributed by atoms with Crippen LogP contribution in [0, 0.1) is 5.92 Å². The van der Waals surface area contributed by atoms with Crippen molar-refractivity contribution in [3.05, 3.63) is 21.9 Å². The van der Waals surface area contributed by atoms with Crippen molar-refractivity contribution < 1.29 is 14.3 Å². The number of esters is 1. The Kier molecular flexibility index (Phi) is 3.47. The van der Waals surface area contributed by atoms with Crippen LogP contribution in [0.2, 0.25) is 0 Å². The molecule has 1 aromatic heterocycles. The molecule has 0 saturated heterocycles. The van der Waals surface area contributed by atoms with E-state index in [9.17, 15) is 9.59 Å². The van der Waals surface area contributed by atoms with E-state index < -0.39 is 5.97 Å². The number of hydrogen-bond donors (Lipinski definition) is 1. The van der Waals surface area contributed by atoms with Gasteiger partial charge in [0.05, 0.1) is 12.0 Å². The molecule has 2 rings (SSSR count). The Labute approximate surface area is 104 Å². The molecule has 0 radical (unpaired) electrons. The lowest BCUT2D eigenvalue weighted by Crippen LogP contribution is -2.33. The van der Waals surface area contributed by atoms with Crippen LogP contribution >= 0.6 is 11.3 Å². The third kappa shape index (κ3) is 2.85. The highest BCUT2D eigenvalue weighted by molar-refractivity contribution is 7.15. The van der Waals surface area contributed by atoms with Crippen LogP contribution in [0.25, 0.3) is 0 Å². The third-order valence-electron chi connectivity index (χ3n) is 2.90. The van der Waals surface area contributed by atoms with Crippen molar-refractivity contribution >= 4 is 23.2 Å². The molecule has 1 heterocycles. The summed E-state index contributed by atoms with van der Waals surface area (Å²) in [6.45, 7) is 2.02. The molecule has 1 aliphatic rings. The van der Waals surface area contributed by atoms with Crippen LogP contribution in [0.4, 0.5) is 0 Å². The van der Waals surface area contributed by atoms with Crippen molar-refractivity contribution in [2.75, 3.05) is 7.11 Å². The number of nitrogens with one attached hydrogen (secondary N) is 1. The van der Waals surface area contributed by atoms with Gasteiger partial charge in [0.25, 0.3) is 5.91 Å². The fourth-order valence-corrected chi connectivity index (χ4v) is 2.49. The quantitative estimate of drug-likeness (QED) is 0.836. The molecule has 0 spiro atoms. The van der Waals surface area contributed by atoms with Gasteiger partial charge in [-0.1, -0.05) is 0 Å². The van der Waals surface area contributed by atoms with Crippen LogP contribution in [-0.4, -0.2) is 25.0 Å². The first-order chi connectivity index (χ1) is 8.11. The molecule has 5 heteroatoms. The first-order valence-corrected chi connectivity index (χ1v) is 6.42. The monoisotopic (exact) mass is 253 g/mol. The van der Waals surface area contributed by atoms with Gasteiger partial charge in [0.15, 0.2) is 0 Å². The van der Waals surface area contributed by atoms with E-state index in [1.807, 2.05) is 6.92 Å². The van der Waals surface area contributed by atoms with Gasteiger partial charge >= 0.3 is 5.97 Å². The van der Waals surface area contributed by atoms with Gasteiger partial charge in [-0.15, -0.1) is 11.3 Å². The highest BCUT2D eigenvalue weighted by atomic mass is 32.1. The highest BCUT2D eigenvalue weighted by Crippen LogP contribution is 2.32. The Bertz CT molecular complexity index is 437. The summed E-state index contributed by atoms with van der Waals surface area (Å²) in [7, 11) is 1.33. The predicted molar refractivity (Wildman–Crippen MR) is 65.3 cm³/mol. The van der Waals surface area contributed by atoms with E-state index in [-0.39, 0.29) is 11.9 Å². The lowest BCUT2D eigenvalue weighted by atomic mass is 10.2. The largest absolute Gasteiger partial charge is 0.465 e. The molecule has 0 aliphatic heterocycles. The SMILES string of the molecule is COC(=O)c1ccc(C(=O)NC(C)C2CC2)s1. The van der Waals surface area contributed by atoms with E-state index in [1.54, 1.807) is 12.1 Å². The molecule has 1 saturated carbocycles. The van der Waals surface area contributed by atoms with Gasteiger partial charge in [0.2, 0.25) is 0 Å². The van der Waals surface area contributed by atoms with Gasteiger partial charge in [-0.2, -0.15) is 0 Å². The molecule has 92 valence electrons. The Hall–Kier alpha value is -1.36. The van der Waals surface area contributed by atoms with Crippen LogP contribution in [0.5, 0.6) is 0 Å². The van der Waals surface area contributed by atoms with Crippen LogP contribution in [0.1, 0.15) is 39.1 Å². The average molecular weight is 253 g/mol. The van der Waals surface area contributed by atoms with Crippen molar-refractivity contribution in [3.8, 4) is 0 Å². The molecular formula is C12H15NO3S. The molecule has 0 bridgehead atoms. The van der Waals surface area contributed by atoms with E-state index >= 15 is 0 Å². The molecule has 17 heavy (non-hydrogen) atoms. The van der Waals surface area contributed by atoms with Gasteiger partial charge < -0.3 is 10.1 Å². The summed E-state index contributed by atoms with van der Waals surface area (Å²) in [5, 5.41) is 2.95. The summed E-state index contributed by atoms with van der Waals surface area (Å²) in [6.07, 6.45) is 2.39. The van der Waals surface area contributed by atoms with Crippen molar-refractivity contribution in [1.82, 2.24) is 5.32 Å². The zero-order chi connectivity index (χ0) is 12.4. The minimum Gasteiger partial charge on any atom is -0.465 e. The zero-order valence-corrected chi connectivity index (χ0v) is 10.7. The number of hydrogen-bond acceptors (Lipinski definition) is 4. The molecule has 1 amide bonds. The van der Waals surface area contributed by atoms with Crippen molar-refractivity contribution in [1.29, 1.82) is 0 Å². The van der Waals surface area contributed by atoms with Gasteiger partial charge in [-0.05, 0) is 37.8 Å². The minimum atomic E-state index is -0.399. The number of amides is 1. The van der Waals surface area contributed by atoms with Crippen LogP contribution in [0.3, 0.4) is 0 Å². The number of methoxy groups -OCH3 is 1. The van der Waals surface area contributed by atoms with Crippen LogP contribution < -0.4 is 5.32 Å². The van der Waals surface area contributed by atoms with Crippen LogP contribution in [0.15, 0.2) is 12.1 Å². The number of ether oxygens (including phenoxy) is 1. The fraction of sp³-hybridized carbons (Fsp3) is 0.500. The molecule has 1 unspecified atom stereocenters. The molecule has 4 nitrogen and oxygen atoms in total. The Morgan fingerprint density at radius 1 is 1.41 bits per heavy atom. The Morgan fingerprint density at radius 3 is 2.65 bits per heavy atom. The minimum absolute atomic E-state index is 0.107. The van der Waals surface area contributed by atoms with E-state index in [0.717, 1.165) is 11.3 Å². The lowest BCUT2D eigenvalue weighted by Gasteiger charge is -2.11. The highest BCUT2D eigenvalue weighted by Gasteiger charge is 2.29. The summed E-state index contributed by atoms with van der Waals surface area (Å²) in [4.78, 5) is 24.1. The van der Waals surface area contributed by atoms with E-state index in [0.29, 0.717) is 15.7 Å². The summed E-state index contributed by atoms with van der Waals surface area (Å²) < 4.78 is 4.60. The molecule has 1 fully saturated rings. The molecule has 0 aromatic carbocycles. The number of carbonyl (C=O) groups excluding carboxylic acids is 2. The van der Waals surface area contributed by atoms with E-state index in [2.05, 4.69) is 10.1 Å². The molecule has 1 aromatic rings. The van der Waals surface area contributed by atoms with Crippen molar-refractivity contribution in [3.63, 3.8) is 0 Å². The van der Waals surface area contributed by atoms with E-state index in [4.69, 9.17) is 0 Å². The maximum absolute atomic E-state index is 11.9. The Balaban J connectivity index is 1.98. The normalized spacial score (nSPS) is 16.4. The summed E-state index contributed by atoms with van der Waals surface area (Å²) in [5.74, 6) is 0.118. The Morgan fingerprint density at radius 2 is 2.06 bits per heavy atom. The average Bonchev–Trinajstić information content (AvgIpc) is 3.05. The second kappa shape index (κ2) is 4.87. The number of carbonyl (C=O) groups is 2. The van der Waals surface area contributed by atoms with Crippen LogP contribution in [-0.2, 0) is 4.74 Å². The second-order valence-corrected chi connectivity index (χ2v) is 5.34. The molecular weight excluding hydrogens is 238 g/mol. The number of rotatable bonds is 4. The summed E-state index contributed by atoms with van der Waals surface area (Å²) in [5.41, 5.74) is 0. The fourth-order valence-electron chi connectivity index (χ4n) is 1.66. The van der Waals surface area contributed by atoms with Gasteiger partial charge in [0.1, 0.15) is 4.88 Å². The molecule has 1 N–H and O–H groups in total. The summed E-state index contributed by atoms with van der Waals surface area (Å²) in [6, 6.07) is 3.49. The zero-order valence-electron chi connectivity index (χ0n) is 9.86. The van der Waals surface area contributed by atoms with E-state index in [1.165, 1.54) is 20.0 Å². The second-order valence-electron chi connectivity index (χ2n) is 4.26. The third-order valence-corrected chi connectivity index (χ3v) is 3.97. The topological polar surface area (TPSA) is 55.4 Å². The molecule has 1 aliphatic carbocycles. The number of thiophene rings is 1. The van der Waals surface area contributed by atoms with Crippen molar-refractivity contribution in [2.45, 2.75) is 25.8 Å². The molecule has 1 atom stereocenters. The smallest absolute Gasteiger partial charge is 0.348 e. The van der Waals surface area contributed by atoms with Gasteiger partial charge in [-0.3, -0.25) is 4.79 Å². The van der Waals surface area contributed by atoms with Gasteiger partial charge in [0, 0.05) is 6.04 Å². The maximum atomic E-state index is 11.9. The predicted octanol–water partition coefficient (Wildman–Crippen LogP) is 2.06. The standard InChI is InChI=1S/C12H15NO3S/c1-7(8-3-4-8)13-11(14)9-5-6-10(17-9)12(15)16-2/h5-8H,3-4H2,1-2H3,(H,13,14). The lowest BCUT2D eigenvalue weighted by molar-refractivity contribution is 0.0606. The first-order valence-electron chi connectivity index (χ1n) is 5.61. The van der Waals surface area contributed by atoms with Gasteiger partial charge in [-0.25, -0.2) is 4.79 Å². The van der Waals surface area contributed by atoms with Crippen molar-refractivity contribution in [2.24, 2.45) is 5.92 Å². The summed E-state index contributed by atoms with van der Waals surface area (Å²) >= 11 is 1.16.